The van der Waals surface area contributed by atoms with Gasteiger partial charge in [0.05, 0.1) is 15.5 Å². The topological polar surface area (TPSA) is 90.7 Å². The van der Waals surface area contributed by atoms with E-state index in [1.54, 1.807) is 12.1 Å². The quantitative estimate of drug-likeness (QED) is 0.677. The second-order valence-corrected chi connectivity index (χ2v) is 5.49. The Balaban J connectivity index is 1.68. The van der Waals surface area contributed by atoms with Crippen LogP contribution >= 0.6 is 11.6 Å². The fraction of sp³-hybridized carbons (Fsp3) is 0.188. The predicted molar refractivity (Wildman–Crippen MR) is 86.7 cm³/mol. The molecule has 0 saturated heterocycles. The third kappa shape index (κ3) is 3.41. The molecule has 2 aromatic carbocycles. The van der Waals surface area contributed by atoms with Crippen LogP contribution in [0, 0.1) is 10.1 Å². The van der Waals surface area contributed by atoms with Gasteiger partial charge in [0, 0.05) is 18.7 Å². The molecule has 0 atom stereocenters. The average molecular weight is 349 g/mol. The largest absolute Gasteiger partial charge is 0.486 e. The van der Waals surface area contributed by atoms with Crippen LogP contribution in [-0.4, -0.2) is 24.0 Å². The smallest absolute Gasteiger partial charge is 0.270 e. The lowest BCUT2D eigenvalue weighted by atomic mass is 10.1. The average Bonchev–Trinajstić information content (AvgIpc) is 2.59. The molecular weight excluding hydrogens is 336 g/mol. The highest BCUT2D eigenvalue weighted by molar-refractivity contribution is 6.34. The molecule has 0 aromatic heterocycles. The maximum absolute atomic E-state index is 12.2. The van der Waals surface area contributed by atoms with Crippen molar-refractivity contribution in [2.45, 2.75) is 6.54 Å². The van der Waals surface area contributed by atoms with E-state index in [4.69, 9.17) is 21.1 Å². The maximum Gasteiger partial charge on any atom is 0.270 e. The molecule has 1 heterocycles. The second-order valence-electron chi connectivity index (χ2n) is 5.08. The zero-order chi connectivity index (χ0) is 17.1. The number of halogens is 1. The highest BCUT2D eigenvalue weighted by Crippen LogP contribution is 2.30. The summed E-state index contributed by atoms with van der Waals surface area (Å²) in [5.74, 6) is 0.904. The summed E-state index contributed by atoms with van der Waals surface area (Å²) < 4.78 is 10.9. The lowest BCUT2D eigenvalue weighted by Crippen LogP contribution is -2.23. The molecule has 1 aliphatic rings. The van der Waals surface area contributed by atoms with Gasteiger partial charge in [-0.3, -0.25) is 14.9 Å². The van der Waals surface area contributed by atoms with Crippen molar-refractivity contribution in [2.24, 2.45) is 0 Å². The third-order valence-electron chi connectivity index (χ3n) is 3.47. The number of carbonyl (C=O) groups excluding carboxylic acids is 1. The van der Waals surface area contributed by atoms with E-state index in [1.165, 1.54) is 12.1 Å². The monoisotopic (exact) mass is 348 g/mol. The van der Waals surface area contributed by atoms with Gasteiger partial charge in [0.2, 0.25) is 0 Å². The number of rotatable bonds is 4. The van der Waals surface area contributed by atoms with Crippen molar-refractivity contribution < 1.29 is 19.2 Å². The van der Waals surface area contributed by atoms with Gasteiger partial charge in [0.25, 0.3) is 11.6 Å². The summed E-state index contributed by atoms with van der Waals surface area (Å²) in [5.41, 5.74) is 0.855. The highest BCUT2D eigenvalue weighted by atomic mass is 35.5. The Morgan fingerprint density at radius 2 is 1.92 bits per heavy atom. The molecule has 0 saturated carbocycles. The summed E-state index contributed by atoms with van der Waals surface area (Å²) in [6, 6.07) is 9.14. The number of nitrogens with one attached hydrogen (secondary N) is 1. The predicted octanol–water partition coefficient (Wildman–Crippen LogP) is 2.95. The van der Waals surface area contributed by atoms with Crippen LogP contribution in [0.5, 0.6) is 11.5 Å². The number of nitro groups is 1. The van der Waals surface area contributed by atoms with E-state index >= 15 is 0 Å². The first-order valence-corrected chi connectivity index (χ1v) is 7.53. The molecule has 7 nitrogen and oxygen atoms in total. The summed E-state index contributed by atoms with van der Waals surface area (Å²) in [4.78, 5) is 22.3. The van der Waals surface area contributed by atoms with Crippen molar-refractivity contribution >= 4 is 23.2 Å². The van der Waals surface area contributed by atoms with Crippen molar-refractivity contribution in [3.05, 3.63) is 62.7 Å². The van der Waals surface area contributed by atoms with E-state index in [0.29, 0.717) is 24.7 Å². The molecule has 0 spiro atoms. The summed E-state index contributed by atoms with van der Waals surface area (Å²) in [7, 11) is 0. The summed E-state index contributed by atoms with van der Waals surface area (Å²) >= 11 is 5.94. The van der Waals surface area contributed by atoms with Crippen molar-refractivity contribution in [3.63, 3.8) is 0 Å². The van der Waals surface area contributed by atoms with Gasteiger partial charge in [-0.1, -0.05) is 17.7 Å². The number of hydrogen-bond acceptors (Lipinski definition) is 5. The minimum absolute atomic E-state index is 0.0314. The van der Waals surface area contributed by atoms with E-state index < -0.39 is 10.8 Å². The van der Waals surface area contributed by atoms with Gasteiger partial charge in [-0.25, -0.2) is 0 Å². The van der Waals surface area contributed by atoms with Crippen LogP contribution in [0.1, 0.15) is 15.9 Å². The van der Waals surface area contributed by atoms with Gasteiger partial charge >= 0.3 is 0 Å². The van der Waals surface area contributed by atoms with E-state index in [0.717, 1.165) is 11.6 Å². The first-order valence-electron chi connectivity index (χ1n) is 7.15. The van der Waals surface area contributed by atoms with Crippen LogP contribution in [0.25, 0.3) is 0 Å². The van der Waals surface area contributed by atoms with Crippen LogP contribution in [0.15, 0.2) is 36.4 Å². The van der Waals surface area contributed by atoms with Crippen LogP contribution in [0.3, 0.4) is 0 Å². The lowest BCUT2D eigenvalue weighted by molar-refractivity contribution is -0.384. The van der Waals surface area contributed by atoms with Gasteiger partial charge in [0.1, 0.15) is 13.2 Å². The van der Waals surface area contributed by atoms with Gasteiger partial charge in [-0.15, -0.1) is 0 Å². The molecule has 1 N–H and O–H groups in total. The number of nitrogens with zero attached hydrogens (tertiary/aromatic N) is 1. The standard InChI is InChI=1S/C16H13ClN2O5/c17-13-8-11(19(21)22)2-3-12(13)16(20)18-9-10-1-4-14-15(7-10)24-6-5-23-14/h1-4,7-8H,5-6,9H2,(H,18,20). The fourth-order valence-electron chi connectivity index (χ4n) is 2.28. The molecule has 24 heavy (non-hydrogen) atoms. The molecule has 124 valence electrons. The number of non-ortho nitro benzene ring substituents is 1. The van der Waals surface area contributed by atoms with Crippen LogP contribution in [0.2, 0.25) is 5.02 Å². The Morgan fingerprint density at radius 1 is 1.17 bits per heavy atom. The number of nitro benzene ring substituents is 1. The highest BCUT2D eigenvalue weighted by Gasteiger charge is 2.16. The van der Waals surface area contributed by atoms with Gasteiger partial charge < -0.3 is 14.8 Å². The molecule has 0 bridgehead atoms. The number of amides is 1. The van der Waals surface area contributed by atoms with Gasteiger partial charge in [-0.2, -0.15) is 0 Å². The number of carbonyl (C=O) groups is 1. The Bertz CT molecular complexity index is 809. The Morgan fingerprint density at radius 3 is 2.62 bits per heavy atom. The van der Waals surface area contributed by atoms with E-state index in [2.05, 4.69) is 5.32 Å². The number of hydrogen-bond donors (Lipinski definition) is 1. The molecule has 1 amide bonds. The first-order chi connectivity index (χ1) is 11.5. The molecule has 0 aliphatic carbocycles. The van der Waals surface area contributed by atoms with E-state index in [-0.39, 0.29) is 22.8 Å². The SMILES string of the molecule is O=C(NCc1ccc2c(c1)OCCO2)c1ccc([N+](=O)[O-])cc1Cl. The number of fused-ring (bicyclic) bond motifs is 1. The number of benzene rings is 2. The molecule has 0 radical (unpaired) electrons. The lowest BCUT2D eigenvalue weighted by Gasteiger charge is -2.19. The molecule has 2 aromatic rings. The zero-order valence-corrected chi connectivity index (χ0v) is 13.2. The van der Waals surface area contributed by atoms with Crippen LogP contribution in [0.4, 0.5) is 5.69 Å². The molecule has 1 aliphatic heterocycles. The molecule has 0 unspecified atom stereocenters. The summed E-state index contributed by atoms with van der Waals surface area (Å²) in [6.07, 6.45) is 0. The van der Waals surface area contributed by atoms with Crippen molar-refractivity contribution in [1.29, 1.82) is 0 Å². The van der Waals surface area contributed by atoms with Gasteiger partial charge in [0.15, 0.2) is 11.5 Å². The number of ether oxygens (including phenoxy) is 2. The maximum atomic E-state index is 12.2. The Hall–Kier alpha value is -2.80. The Kier molecular flexibility index (Phi) is 4.52. The third-order valence-corrected chi connectivity index (χ3v) is 3.78. The van der Waals surface area contributed by atoms with Crippen LogP contribution < -0.4 is 14.8 Å². The Labute approximate surface area is 142 Å². The van der Waals surface area contributed by atoms with E-state index in [9.17, 15) is 14.9 Å². The fourth-order valence-corrected chi connectivity index (χ4v) is 2.54. The van der Waals surface area contributed by atoms with Crippen molar-refractivity contribution in [1.82, 2.24) is 5.32 Å². The minimum atomic E-state index is -0.567. The second kappa shape index (κ2) is 6.76. The van der Waals surface area contributed by atoms with Gasteiger partial charge in [-0.05, 0) is 23.8 Å². The van der Waals surface area contributed by atoms with Crippen molar-refractivity contribution in [2.75, 3.05) is 13.2 Å². The molecule has 8 heteroatoms. The summed E-state index contributed by atoms with van der Waals surface area (Å²) in [6.45, 7) is 1.27. The van der Waals surface area contributed by atoms with Crippen molar-refractivity contribution in [3.8, 4) is 11.5 Å². The van der Waals surface area contributed by atoms with E-state index in [1.807, 2.05) is 6.07 Å². The zero-order valence-electron chi connectivity index (χ0n) is 12.5. The summed E-state index contributed by atoms with van der Waals surface area (Å²) in [5, 5.41) is 13.4. The molecule has 0 fully saturated rings. The first kappa shape index (κ1) is 16.1. The molecular formula is C16H13ClN2O5. The molecule has 3 rings (SSSR count). The minimum Gasteiger partial charge on any atom is -0.486 e. The van der Waals surface area contributed by atoms with Crippen LogP contribution in [-0.2, 0) is 6.54 Å². The normalized spacial score (nSPS) is 12.5.